The minimum absolute atomic E-state index is 0.00301. The molecule has 0 spiro atoms. The van der Waals surface area contributed by atoms with E-state index in [1.807, 2.05) is 81.6 Å². The van der Waals surface area contributed by atoms with Gasteiger partial charge in [0.1, 0.15) is 6.54 Å². The number of amides is 1. The Balaban J connectivity index is 1.69. The molecule has 0 aliphatic rings. The van der Waals surface area contributed by atoms with Crippen LogP contribution in [0.3, 0.4) is 0 Å². The Labute approximate surface area is 172 Å². The second-order valence-electron chi connectivity index (χ2n) is 7.18. The van der Waals surface area contributed by atoms with Gasteiger partial charge in [-0.2, -0.15) is 0 Å². The first kappa shape index (κ1) is 20.7. The summed E-state index contributed by atoms with van der Waals surface area (Å²) in [5.41, 5.74) is 1.93. The Morgan fingerprint density at radius 1 is 1.07 bits per heavy atom. The van der Waals surface area contributed by atoms with Crippen molar-refractivity contribution in [2.24, 2.45) is 0 Å². The fourth-order valence-corrected chi connectivity index (χ4v) is 3.37. The highest BCUT2D eigenvalue weighted by Gasteiger charge is 2.23. The number of likely N-dealkylation sites (N-methyl/N-ethyl adjacent to an activating group) is 1. The fourth-order valence-electron chi connectivity index (χ4n) is 3.37. The lowest BCUT2D eigenvalue weighted by Crippen LogP contribution is -3.12. The van der Waals surface area contributed by atoms with Gasteiger partial charge in [0, 0.05) is 16.6 Å². The van der Waals surface area contributed by atoms with E-state index in [0.29, 0.717) is 18.9 Å². The maximum Gasteiger partial charge on any atom is 0.282 e. The predicted molar refractivity (Wildman–Crippen MR) is 117 cm³/mol. The van der Waals surface area contributed by atoms with Crippen molar-refractivity contribution in [3.8, 4) is 11.5 Å². The van der Waals surface area contributed by atoms with Gasteiger partial charge in [-0.25, -0.2) is 0 Å². The van der Waals surface area contributed by atoms with Crippen LogP contribution in [0.1, 0.15) is 19.4 Å². The zero-order chi connectivity index (χ0) is 20.8. The topological polar surface area (TPSA) is 52.0 Å². The average Bonchev–Trinajstić information content (AvgIpc) is 2.74. The third-order valence-electron chi connectivity index (χ3n) is 5.19. The van der Waals surface area contributed by atoms with E-state index in [9.17, 15) is 4.79 Å². The van der Waals surface area contributed by atoms with Crippen LogP contribution >= 0.6 is 0 Å². The predicted octanol–water partition coefficient (Wildman–Crippen LogP) is 3.29. The molecule has 0 fully saturated rings. The number of hydrogen-bond acceptors (Lipinski definition) is 3. The van der Waals surface area contributed by atoms with Crippen LogP contribution in [0.25, 0.3) is 10.8 Å². The van der Waals surface area contributed by atoms with Crippen molar-refractivity contribution in [1.29, 1.82) is 0 Å². The van der Waals surface area contributed by atoms with Crippen LogP contribution in [0, 0.1) is 0 Å². The minimum atomic E-state index is -0.216. The fraction of sp³-hybridized carbons (Fsp3) is 0.292. The quantitative estimate of drug-likeness (QED) is 0.618. The summed E-state index contributed by atoms with van der Waals surface area (Å²) in [5, 5.41) is 5.25. The van der Waals surface area contributed by atoms with Crippen LogP contribution in [0.15, 0.2) is 60.7 Å². The summed E-state index contributed by atoms with van der Waals surface area (Å²) in [5.74, 6) is 1.44. The summed E-state index contributed by atoms with van der Waals surface area (Å²) < 4.78 is 11.0. The lowest BCUT2D eigenvalue weighted by molar-refractivity contribution is -0.907. The second kappa shape index (κ2) is 9.43. The molecule has 5 nitrogen and oxygen atoms in total. The van der Waals surface area contributed by atoms with Gasteiger partial charge in [0.15, 0.2) is 17.5 Å². The van der Waals surface area contributed by atoms with Gasteiger partial charge >= 0.3 is 0 Å². The molecule has 0 radical (unpaired) electrons. The molecule has 3 aromatic rings. The summed E-state index contributed by atoms with van der Waals surface area (Å²) >= 11 is 0. The molecule has 0 heterocycles. The molecule has 0 saturated carbocycles. The molecule has 3 aromatic carbocycles. The van der Waals surface area contributed by atoms with Crippen molar-refractivity contribution in [1.82, 2.24) is 0 Å². The zero-order valence-corrected chi connectivity index (χ0v) is 17.5. The third kappa shape index (κ3) is 4.87. The molecule has 0 aliphatic heterocycles. The Kier molecular flexibility index (Phi) is 6.73. The number of hydrogen-bond donors (Lipinski definition) is 2. The molecular formula is C24H29N2O3+. The highest BCUT2D eigenvalue weighted by molar-refractivity contribution is 6.03. The number of ether oxygens (including phenoxy) is 2. The Bertz CT molecular complexity index is 982. The number of methoxy groups -OCH3 is 1. The molecular weight excluding hydrogens is 364 g/mol. The summed E-state index contributed by atoms with van der Waals surface area (Å²) in [6.45, 7) is 5.18. The van der Waals surface area contributed by atoms with Gasteiger partial charge < -0.3 is 19.7 Å². The van der Waals surface area contributed by atoms with Gasteiger partial charge in [0.05, 0.1) is 20.8 Å². The van der Waals surface area contributed by atoms with E-state index in [2.05, 4.69) is 5.32 Å². The van der Waals surface area contributed by atoms with Crippen LogP contribution in [0.4, 0.5) is 5.69 Å². The van der Waals surface area contributed by atoms with E-state index in [1.54, 1.807) is 7.11 Å². The number of carbonyl (C=O) groups excluding carboxylic acids is 1. The number of quaternary nitrogens is 1. The minimum Gasteiger partial charge on any atom is -0.493 e. The summed E-state index contributed by atoms with van der Waals surface area (Å²) in [7, 11) is 3.66. The molecule has 0 aromatic heterocycles. The van der Waals surface area contributed by atoms with E-state index in [0.717, 1.165) is 32.7 Å². The Morgan fingerprint density at radius 2 is 1.83 bits per heavy atom. The van der Waals surface area contributed by atoms with Gasteiger partial charge in [-0.05, 0) is 43.5 Å². The summed E-state index contributed by atoms with van der Waals surface area (Å²) in [4.78, 5) is 14.0. The number of carbonyl (C=O) groups is 1. The van der Waals surface area contributed by atoms with Crippen LogP contribution < -0.4 is 19.7 Å². The average molecular weight is 394 g/mol. The third-order valence-corrected chi connectivity index (χ3v) is 5.19. The smallest absolute Gasteiger partial charge is 0.282 e. The van der Waals surface area contributed by atoms with Crippen molar-refractivity contribution in [2.75, 3.05) is 26.1 Å². The molecule has 5 heteroatoms. The molecule has 1 amide bonds. The zero-order valence-electron chi connectivity index (χ0n) is 17.5. The molecule has 3 rings (SSSR count). The first-order chi connectivity index (χ1) is 14.0. The van der Waals surface area contributed by atoms with E-state index >= 15 is 0 Å². The van der Waals surface area contributed by atoms with Crippen molar-refractivity contribution >= 4 is 22.4 Å². The lowest BCUT2D eigenvalue weighted by Gasteiger charge is -2.22. The molecule has 152 valence electrons. The number of nitrogens with one attached hydrogen (secondary N) is 2. The van der Waals surface area contributed by atoms with Crippen molar-refractivity contribution in [3.63, 3.8) is 0 Å². The molecule has 0 bridgehead atoms. The van der Waals surface area contributed by atoms with E-state index in [-0.39, 0.29) is 11.9 Å². The van der Waals surface area contributed by atoms with Crippen molar-refractivity contribution in [3.05, 3.63) is 66.2 Å². The Morgan fingerprint density at radius 3 is 2.59 bits per heavy atom. The number of anilines is 1. The summed E-state index contributed by atoms with van der Waals surface area (Å²) in [6.07, 6.45) is 0. The van der Waals surface area contributed by atoms with Gasteiger partial charge in [0.2, 0.25) is 0 Å². The second-order valence-corrected chi connectivity index (χ2v) is 7.18. The van der Waals surface area contributed by atoms with Crippen LogP contribution in [0.5, 0.6) is 11.5 Å². The SMILES string of the molecule is CCOc1ccc(C[NH+](C)[C@@H](C)C(=O)Nc2cccc3ccccc23)cc1OC. The number of fused-ring (bicyclic) bond motifs is 1. The molecule has 0 aliphatic carbocycles. The van der Waals surface area contributed by atoms with Gasteiger partial charge in [-0.15, -0.1) is 0 Å². The molecule has 2 atom stereocenters. The highest BCUT2D eigenvalue weighted by Crippen LogP contribution is 2.28. The van der Waals surface area contributed by atoms with Gasteiger partial charge in [-0.3, -0.25) is 4.79 Å². The summed E-state index contributed by atoms with van der Waals surface area (Å²) in [6, 6.07) is 19.7. The molecule has 1 unspecified atom stereocenters. The normalized spacial score (nSPS) is 13.0. The number of benzene rings is 3. The number of rotatable bonds is 8. The highest BCUT2D eigenvalue weighted by atomic mass is 16.5. The van der Waals surface area contributed by atoms with Gasteiger partial charge in [0.25, 0.3) is 5.91 Å². The monoisotopic (exact) mass is 393 g/mol. The van der Waals surface area contributed by atoms with E-state index in [1.165, 1.54) is 0 Å². The largest absolute Gasteiger partial charge is 0.493 e. The van der Waals surface area contributed by atoms with Crippen LogP contribution in [0.2, 0.25) is 0 Å². The van der Waals surface area contributed by atoms with Crippen LogP contribution in [-0.2, 0) is 11.3 Å². The first-order valence-corrected chi connectivity index (χ1v) is 9.94. The Hall–Kier alpha value is -3.05. The molecule has 2 N–H and O–H groups in total. The standard InChI is InChI=1S/C24H28N2O3/c1-5-29-22-14-13-18(15-23(22)28-4)16-26(3)17(2)24(27)25-21-12-8-10-19-9-6-7-11-20(19)21/h6-15,17H,5,16H2,1-4H3,(H,25,27)/p+1/t17-/m0/s1. The van der Waals surface area contributed by atoms with Gasteiger partial charge in [-0.1, -0.05) is 36.4 Å². The van der Waals surface area contributed by atoms with Crippen LogP contribution in [-0.4, -0.2) is 32.7 Å². The maximum atomic E-state index is 12.9. The molecule has 0 saturated heterocycles. The van der Waals surface area contributed by atoms with Crippen molar-refractivity contribution < 1.29 is 19.2 Å². The van der Waals surface area contributed by atoms with E-state index in [4.69, 9.17) is 9.47 Å². The maximum absolute atomic E-state index is 12.9. The van der Waals surface area contributed by atoms with E-state index < -0.39 is 0 Å². The molecule has 29 heavy (non-hydrogen) atoms. The lowest BCUT2D eigenvalue weighted by atomic mass is 10.1. The van der Waals surface area contributed by atoms with Crippen molar-refractivity contribution in [2.45, 2.75) is 26.4 Å². The first-order valence-electron chi connectivity index (χ1n) is 9.94.